The molecule has 6 nitrogen and oxygen atoms in total. The molecule has 3 heterocycles. The van der Waals surface area contributed by atoms with E-state index in [9.17, 15) is 4.79 Å². The first-order valence-electron chi connectivity index (χ1n) is 9.05. The number of aryl methyl sites for hydroxylation is 1. The zero-order valence-electron chi connectivity index (χ0n) is 15.8. The van der Waals surface area contributed by atoms with Crippen molar-refractivity contribution >= 4 is 28.2 Å². The highest BCUT2D eigenvalue weighted by Crippen LogP contribution is 2.28. The normalized spacial score (nSPS) is 12.2. The molecule has 1 atom stereocenters. The summed E-state index contributed by atoms with van der Waals surface area (Å²) in [6, 6.07) is 11.4. The number of esters is 1. The topological polar surface area (TPSA) is 78.1 Å². The first-order chi connectivity index (χ1) is 13.6. The number of pyridine rings is 1. The van der Waals surface area contributed by atoms with E-state index in [2.05, 4.69) is 15.2 Å². The van der Waals surface area contributed by atoms with E-state index in [4.69, 9.17) is 9.15 Å². The van der Waals surface area contributed by atoms with Crippen molar-refractivity contribution in [1.29, 1.82) is 0 Å². The molecule has 0 fully saturated rings. The molecule has 4 aromatic rings. The molecule has 142 valence electrons. The van der Waals surface area contributed by atoms with Gasteiger partial charge in [-0.2, -0.15) is 0 Å². The number of para-hydroxylation sites is 1. The molecule has 0 amide bonds. The maximum absolute atomic E-state index is 13.0. The fourth-order valence-electron chi connectivity index (χ4n) is 3.13. The fraction of sp³-hybridized carbons (Fsp3) is 0.238. The summed E-state index contributed by atoms with van der Waals surface area (Å²) in [5.41, 5.74) is 3.04. The molecule has 0 unspecified atom stereocenters. The van der Waals surface area contributed by atoms with Gasteiger partial charge in [-0.05, 0) is 43.3 Å². The molecule has 0 aliphatic heterocycles. The summed E-state index contributed by atoms with van der Waals surface area (Å²) in [5, 5.41) is 10.8. The summed E-state index contributed by atoms with van der Waals surface area (Å²) >= 11 is 1.51. The number of hydrogen-bond donors (Lipinski definition) is 0. The number of ether oxygens (including phenoxy) is 1. The Kier molecular flexibility index (Phi) is 4.92. The molecular weight excluding hydrogens is 374 g/mol. The average Bonchev–Trinajstić information content (AvgIpc) is 3.38. The van der Waals surface area contributed by atoms with E-state index >= 15 is 0 Å². The lowest BCUT2D eigenvalue weighted by atomic mass is 10.0. The van der Waals surface area contributed by atoms with Crippen molar-refractivity contribution in [2.24, 2.45) is 0 Å². The van der Waals surface area contributed by atoms with Crippen LogP contribution in [0, 0.1) is 6.92 Å². The third kappa shape index (κ3) is 3.29. The predicted molar refractivity (Wildman–Crippen MR) is 107 cm³/mol. The monoisotopic (exact) mass is 393 g/mol. The largest absolute Gasteiger partial charge is 0.449 e. The lowest BCUT2D eigenvalue weighted by molar-refractivity contribution is 0.0281. The number of carbonyl (C=O) groups is 1. The van der Waals surface area contributed by atoms with Crippen LogP contribution in [0.25, 0.3) is 21.7 Å². The Labute approximate surface area is 166 Å². The second kappa shape index (κ2) is 7.52. The summed E-state index contributed by atoms with van der Waals surface area (Å²) in [6.45, 7) is 5.65. The van der Waals surface area contributed by atoms with Crippen LogP contribution in [0.3, 0.4) is 0 Å². The van der Waals surface area contributed by atoms with Gasteiger partial charge in [0.15, 0.2) is 6.10 Å². The van der Waals surface area contributed by atoms with Crippen molar-refractivity contribution < 1.29 is 13.9 Å². The summed E-state index contributed by atoms with van der Waals surface area (Å²) in [6.07, 6.45) is 0.0745. The van der Waals surface area contributed by atoms with Gasteiger partial charge >= 0.3 is 5.97 Å². The van der Waals surface area contributed by atoms with Crippen LogP contribution in [0.4, 0.5) is 0 Å². The summed E-state index contributed by atoms with van der Waals surface area (Å²) < 4.78 is 11.4. The Bertz CT molecular complexity index is 1140. The number of benzene rings is 1. The second-order valence-electron chi connectivity index (χ2n) is 6.40. The Morgan fingerprint density at radius 2 is 2.04 bits per heavy atom. The van der Waals surface area contributed by atoms with Gasteiger partial charge in [-0.25, -0.2) is 4.79 Å². The Balaban J connectivity index is 1.64. The first-order valence-corrected chi connectivity index (χ1v) is 9.93. The van der Waals surface area contributed by atoms with Crippen LogP contribution in [-0.4, -0.2) is 21.2 Å². The van der Waals surface area contributed by atoms with Crippen LogP contribution >= 0.6 is 11.3 Å². The van der Waals surface area contributed by atoms with Crippen LogP contribution < -0.4 is 0 Å². The first kappa shape index (κ1) is 18.3. The maximum atomic E-state index is 13.0. The van der Waals surface area contributed by atoms with Crippen LogP contribution in [0.5, 0.6) is 0 Å². The Morgan fingerprint density at radius 3 is 2.79 bits per heavy atom. The molecule has 3 aromatic heterocycles. The highest BCUT2D eigenvalue weighted by Gasteiger charge is 2.24. The molecule has 4 rings (SSSR count). The van der Waals surface area contributed by atoms with Gasteiger partial charge in [0.25, 0.3) is 11.8 Å². The quantitative estimate of drug-likeness (QED) is 0.437. The minimum Gasteiger partial charge on any atom is -0.449 e. The van der Waals surface area contributed by atoms with E-state index in [0.717, 1.165) is 33.5 Å². The summed E-state index contributed by atoms with van der Waals surface area (Å²) in [7, 11) is 0. The van der Waals surface area contributed by atoms with E-state index in [0.29, 0.717) is 11.5 Å². The molecule has 0 saturated carbocycles. The number of hydrogen-bond acceptors (Lipinski definition) is 7. The number of aromatic nitrogens is 3. The molecule has 0 aliphatic rings. The maximum Gasteiger partial charge on any atom is 0.339 e. The summed E-state index contributed by atoms with van der Waals surface area (Å²) in [5.74, 6) is 0.268. The Hall–Kier alpha value is -3.06. The van der Waals surface area contributed by atoms with Crippen molar-refractivity contribution in [2.45, 2.75) is 33.3 Å². The summed E-state index contributed by atoms with van der Waals surface area (Å²) in [4.78, 5) is 18.6. The van der Waals surface area contributed by atoms with E-state index in [1.165, 1.54) is 11.3 Å². The van der Waals surface area contributed by atoms with Gasteiger partial charge < -0.3 is 9.15 Å². The minimum absolute atomic E-state index is 0.267. The molecule has 0 spiro atoms. The third-order valence-electron chi connectivity index (χ3n) is 4.58. The van der Waals surface area contributed by atoms with Gasteiger partial charge in [-0.15, -0.1) is 21.5 Å². The minimum atomic E-state index is -0.662. The number of thiophene rings is 1. The molecule has 0 N–H and O–H groups in total. The van der Waals surface area contributed by atoms with Crippen molar-refractivity contribution in [1.82, 2.24) is 15.2 Å². The van der Waals surface area contributed by atoms with Crippen LogP contribution in [0.2, 0.25) is 0 Å². The second-order valence-corrected chi connectivity index (χ2v) is 7.35. The van der Waals surface area contributed by atoms with E-state index in [-0.39, 0.29) is 5.89 Å². The van der Waals surface area contributed by atoms with E-state index in [1.807, 2.05) is 55.6 Å². The standard InChI is InChI=1S/C21H19N3O3S/c1-4-15-12(2)18(14-8-5-6-9-16(14)22-15)21(25)26-13(3)19-23-24-20(27-19)17-10-7-11-28-17/h5-11,13H,4H2,1-3H3/t13-/m1/s1. The van der Waals surface area contributed by atoms with Crippen LogP contribution in [-0.2, 0) is 11.2 Å². The van der Waals surface area contributed by atoms with Crippen molar-refractivity contribution in [3.05, 3.63) is 64.5 Å². The zero-order valence-corrected chi connectivity index (χ0v) is 16.6. The Morgan fingerprint density at radius 1 is 1.21 bits per heavy atom. The molecule has 0 radical (unpaired) electrons. The molecular formula is C21H19N3O3S. The van der Waals surface area contributed by atoms with E-state index < -0.39 is 12.1 Å². The third-order valence-corrected chi connectivity index (χ3v) is 5.44. The molecule has 0 aliphatic carbocycles. The molecule has 0 bridgehead atoms. The highest BCUT2D eigenvalue weighted by molar-refractivity contribution is 7.13. The van der Waals surface area contributed by atoms with E-state index in [1.54, 1.807) is 6.92 Å². The van der Waals surface area contributed by atoms with Gasteiger partial charge in [0.05, 0.1) is 16.0 Å². The van der Waals surface area contributed by atoms with Crippen molar-refractivity contribution in [3.63, 3.8) is 0 Å². The van der Waals surface area contributed by atoms with Gasteiger partial charge in [0.1, 0.15) is 0 Å². The molecule has 1 aromatic carbocycles. The highest BCUT2D eigenvalue weighted by atomic mass is 32.1. The number of rotatable bonds is 5. The number of carbonyl (C=O) groups excluding carboxylic acids is 1. The van der Waals surface area contributed by atoms with Gasteiger partial charge in [-0.1, -0.05) is 31.2 Å². The van der Waals surface area contributed by atoms with Crippen LogP contribution in [0.1, 0.15) is 47.5 Å². The lowest BCUT2D eigenvalue weighted by Gasteiger charge is -2.15. The lowest BCUT2D eigenvalue weighted by Crippen LogP contribution is -2.13. The van der Waals surface area contributed by atoms with Gasteiger partial charge in [-0.3, -0.25) is 4.98 Å². The molecule has 0 saturated heterocycles. The smallest absolute Gasteiger partial charge is 0.339 e. The zero-order chi connectivity index (χ0) is 19.7. The number of nitrogens with zero attached hydrogens (tertiary/aromatic N) is 3. The van der Waals surface area contributed by atoms with Gasteiger partial charge in [0, 0.05) is 11.1 Å². The molecule has 28 heavy (non-hydrogen) atoms. The SMILES string of the molecule is CCc1nc2ccccc2c(C(=O)O[C@H](C)c2nnc(-c3cccs3)o2)c1C. The number of fused-ring (bicyclic) bond motifs is 1. The predicted octanol–water partition coefficient (Wildman–Crippen LogP) is 5.14. The molecule has 7 heteroatoms. The fourth-order valence-corrected chi connectivity index (χ4v) is 3.78. The van der Waals surface area contributed by atoms with Crippen molar-refractivity contribution in [2.75, 3.05) is 0 Å². The van der Waals surface area contributed by atoms with Crippen LogP contribution in [0.15, 0.2) is 46.2 Å². The van der Waals surface area contributed by atoms with Gasteiger partial charge in [0.2, 0.25) is 0 Å². The average molecular weight is 393 g/mol. The van der Waals surface area contributed by atoms with Crippen molar-refractivity contribution in [3.8, 4) is 10.8 Å².